The quantitative estimate of drug-likeness (QED) is 0.426. The molecule has 7 atom stereocenters. The Morgan fingerprint density at radius 2 is 1.78 bits per heavy atom. The third-order valence-electron chi connectivity index (χ3n) is 10.2. The predicted molar refractivity (Wildman–Crippen MR) is 118 cm³/mol. The number of fused-ring (bicyclic) bond motifs is 5. The van der Waals surface area contributed by atoms with Crippen molar-refractivity contribution in [2.24, 2.45) is 46.3 Å². The van der Waals surface area contributed by atoms with E-state index in [4.69, 9.17) is 0 Å². The lowest BCUT2D eigenvalue weighted by Gasteiger charge is -2.58. The highest BCUT2D eigenvalue weighted by Gasteiger charge is 2.59. The topological polar surface area (TPSA) is 0 Å². The molecule has 0 aromatic rings. The van der Waals surface area contributed by atoms with Gasteiger partial charge < -0.3 is 0 Å². The van der Waals surface area contributed by atoms with Gasteiger partial charge in [-0.15, -0.1) is 0 Å². The summed E-state index contributed by atoms with van der Waals surface area (Å²) < 4.78 is 0. The summed E-state index contributed by atoms with van der Waals surface area (Å²) in [6, 6.07) is 0. The van der Waals surface area contributed by atoms with Gasteiger partial charge in [0.15, 0.2) is 0 Å². The molecule has 0 aromatic carbocycles. The van der Waals surface area contributed by atoms with E-state index in [9.17, 15) is 0 Å². The molecule has 0 heteroatoms. The zero-order valence-corrected chi connectivity index (χ0v) is 19.0. The summed E-state index contributed by atoms with van der Waals surface area (Å²) in [6.45, 7) is 12.8. The first-order chi connectivity index (χ1) is 12.9. The molecule has 3 saturated carbocycles. The smallest absolute Gasteiger partial charge is 0.00853 e. The van der Waals surface area contributed by atoms with Gasteiger partial charge >= 0.3 is 0 Å². The van der Waals surface area contributed by atoms with Crippen LogP contribution in [0.3, 0.4) is 0 Å². The fraction of sp³-hybridized carbons (Fsp3) is 0.926. The molecule has 0 spiro atoms. The lowest BCUT2D eigenvalue weighted by atomic mass is 9.46. The van der Waals surface area contributed by atoms with Crippen molar-refractivity contribution in [3.8, 4) is 0 Å². The summed E-state index contributed by atoms with van der Waals surface area (Å²) in [4.78, 5) is 0. The molecular weight excluding hydrogens is 324 g/mol. The Hall–Kier alpha value is -0.260. The molecule has 0 unspecified atom stereocenters. The summed E-state index contributed by atoms with van der Waals surface area (Å²) in [7, 11) is 0. The molecule has 154 valence electrons. The molecule has 4 aliphatic carbocycles. The van der Waals surface area contributed by atoms with Gasteiger partial charge in [-0.1, -0.05) is 65.5 Å². The molecule has 0 amide bonds. The average molecular weight is 371 g/mol. The average Bonchev–Trinajstić information content (AvgIpc) is 2.98. The minimum atomic E-state index is 0.573. The van der Waals surface area contributed by atoms with Gasteiger partial charge in [0.05, 0.1) is 0 Å². The normalized spacial score (nSPS) is 45.0. The van der Waals surface area contributed by atoms with E-state index in [2.05, 4.69) is 40.7 Å². The van der Waals surface area contributed by atoms with E-state index in [-0.39, 0.29) is 0 Å². The van der Waals surface area contributed by atoms with E-state index in [1.54, 1.807) is 6.42 Å². The number of allylic oxidation sites excluding steroid dienone is 2. The molecule has 0 saturated heterocycles. The fourth-order valence-electron chi connectivity index (χ4n) is 8.78. The zero-order chi connectivity index (χ0) is 19.2. The molecule has 27 heavy (non-hydrogen) atoms. The number of rotatable bonds is 5. The second kappa shape index (κ2) is 7.53. The SMILES string of the molecule is CC(C)CCC[C@@H](C)[C@H]1CC[C@H]2[C@@H]3CCC4=CCCC[C@]4(C)[C@H]3CC[C@]12C. The Labute approximate surface area is 170 Å². The molecule has 0 bridgehead atoms. The molecule has 0 heterocycles. The van der Waals surface area contributed by atoms with Crippen LogP contribution in [0.25, 0.3) is 0 Å². The molecule has 3 fully saturated rings. The maximum atomic E-state index is 2.74. The van der Waals surface area contributed by atoms with Crippen LogP contribution in [0.5, 0.6) is 0 Å². The van der Waals surface area contributed by atoms with E-state index < -0.39 is 0 Å². The molecule has 4 aliphatic rings. The minimum Gasteiger partial charge on any atom is -0.0848 e. The van der Waals surface area contributed by atoms with Crippen molar-refractivity contribution >= 4 is 0 Å². The standard InChI is InChI=1S/C27H46/c1-19(2)9-8-10-20(3)23-14-15-24-22-13-12-21-11-6-7-17-26(21,4)25(22)16-18-27(23,24)5/h11,19-20,22-25H,6-10,12-18H2,1-5H3/t20-,22+,23-,24+,25+,26+,27-/m1/s1. The molecule has 0 aromatic heterocycles. The van der Waals surface area contributed by atoms with E-state index in [0.29, 0.717) is 10.8 Å². The van der Waals surface area contributed by atoms with E-state index in [0.717, 1.165) is 35.5 Å². The summed E-state index contributed by atoms with van der Waals surface area (Å²) in [5, 5.41) is 0. The monoisotopic (exact) mass is 370 g/mol. The highest BCUT2D eigenvalue weighted by molar-refractivity contribution is 5.23. The fourth-order valence-corrected chi connectivity index (χ4v) is 8.78. The molecule has 0 radical (unpaired) electrons. The van der Waals surface area contributed by atoms with Gasteiger partial charge in [0.1, 0.15) is 0 Å². The minimum absolute atomic E-state index is 0.573. The van der Waals surface area contributed by atoms with Gasteiger partial charge in [0.2, 0.25) is 0 Å². The maximum Gasteiger partial charge on any atom is -0.00853 e. The third-order valence-corrected chi connectivity index (χ3v) is 10.2. The first-order valence-corrected chi connectivity index (χ1v) is 12.6. The van der Waals surface area contributed by atoms with E-state index in [1.807, 2.05) is 5.57 Å². The summed E-state index contributed by atoms with van der Waals surface area (Å²) in [6.07, 6.45) is 20.4. The second-order valence-electron chi connectivity index (χ2n) is 12.0. The van der Waals surface area contributed by atoms with Crippen LogP contribution in [0, 0.1) is 46.3 Å². The summed E-state index contributed by atoms with van der Waals surface area (Å²) in [5.41, 5.74) is 3.10. The van der Waals surface area contributed by atoms with Crippen LogP contribution in [0.4, 0.5) is 0 Å². The Morgan fingerprint density at radius 3 is 2.56 bits per heavy atom. The highest BCUT2D eigenvalue weighted by atomic mass is 14.6. The van der Waals surface area contributed by atoms with Crippen molar-refractivity contribution in [1.29, 1.82) is 0 Å². The van der Waals surface area contributed by atoms with Crippen molar-refractivity contribution in [3.05, 3.63) is 11.6 Å². The van der Waals surface area contributed by atoms with Crippen molar-refractivity contribution in [1.82, 2.24) is 0 Å². The highest BCUT2D eigenvalue weighted by Crippen LogP contribution is 2.67. The van der Waals surface area contributed by atoms with Crippen LogP contribution < -0.4 is 0 Å². The van der Waals surface area contributed by atoms with Gasteiger partial charge in [-0.05, 0) is 104 Å². The maximum absolute atomic E-state index is 2.74. The summed E-state index contributed by atoms with van der Waals surface area (Å²) >= 11 is 0. The first-order valence-electron chi connectivity index (χ1n) is 12.6. The lowest BCUT2D eigenvalue weighted by molar-refractivity contribution is -0.0592. The van der Waals surface area contributed by atoms with Crippen molar-refractivity contribution in [3.63, 3.8) is 0 Å². The third kappa shape index (κ3) is 3.36. The van der Waals surface area contributed by atoms with Crippen LogP contribution in [-0.2, 0) is 0 Å². The molecule has 4 rings (SSSR count). The van der Waals surface area contributed by atoms with E-state index in [1.165, 1.54) is 70.6 Å². The van der Waals surface area contributed by atoms with Gasteiger partial charge in [0, 0.05) is 0 Å². The zero-order valence-electron chi connectivity index (χ0n) is 19.0. The van der Waals surface area contributed by atoms with Crippen molar-refractivity contribution in [2.75, 3.05) is 0 Å². The van der Waals surface area contributed by atoms with Gasteiger partial charge in [-0.2, -0.15) is 0 Å². The molecule has 0 nitrogen and oxygen atoms in total. The van der Waals surface area contributed by atoms with Crippen LogP contribution in [-0.4, -0.2) is 0 Å². The van der Waals surface area contributed by atoms with Gasteiger partial charge in [-0.25, -0.2) is 0 Å². The molecular formula is C27H46. The Morgan fingerprint density at radius 1 is 0.963 bits per heavy atom. The Kier molecular flexibility index (Phi) is 5.59. The second-order valence-corrected chi connectivity index (χ2v) is 12.0. The van der Waals surface area contributed by atoms with Crippen LogP contribution in [0.15, 0.2) is 11.6 Å². The predicted octanol–water partition coefficient (Wildman–Crippen LogP) is 8.42. The largest absolute Gasteiger partial charge is 0.0848 e. The van der Waals surface area contributed by atoms with E-state index >= 15 is 0 Å². The molecule has 0 N–H and O–H groups in total. The number of hydrogen-bond acceptors (Lipinski definition) is 0. The van der Waals surface area contributed by atoms with Gasteiger partial charge in [-0.3, -0.25) is 0 Å². The number of hydrogen-bond donors (Lipinski definition) is 0. The Balaban J connectivity index is 1.48. The van der Waals surface area contributed by atoms with Crippen LogP contribution >= 0.6 is 0 Å². The summed E-state index contributed by atoms with van der Waals surface area (Å²) in [5.74, 6) is 5.91. The van der Waals surface area contributed by atoms with Crippen LogP contribution in [0.2, 0.25) is 0 Å². The van der Waals surface area contributed by atoms with Crippen molar-refractivity contribution in [2.45, 2.75) is 112 Å². The Bertz CT molecular complexity index is 556. The first kappa shape index (κ1) is 20.0. The lowest BCUT2D eigenvalue weighted by Crippen LogP contribution is -2.50. The molecule has 0 aliphatic heterocycles. The van der Waals surface area contributed by atoms with Crippen LogP contribution in [0.1, 0.15) is 112 Å². The van der Waals surface area contributed by atoms with Gasteiger partial charge in [0.25, 0.3) is 0 Å². The van der Waals surface area contributed by atoms with Crippen molar-refractivity contribution < 1.29 is 0 Å².